The molecule has 0 aliphatic heterocycles. The van der Waals surface area contributed by atoms with Crippen molar-refractivity contribution in [1.82, 2.24) is 10.0 Å². The van der Waals surface area contributed by atoms with Gasteiger partial charge in [-0.1, -0.05) is 32.0 Å². The van der Waals surface area contributed by atoms with E-state index >= 15 is 0 Å². The molecule has 0 saturated carbocycles. The molecule has 1 aromatic heterocycles. The predicted molar refractivity (Wildman–Crippen MR) is 101 cm³/mol. The molecule has 7 heteroatoms. The van der Waals surface area contributed by atoms with E-state index in [1.54, 1.807) is 23.5 Å². The minimum atomic E-state index is -3.58. The van der Waals surface area contributed by atoms with Gasteiger partial charge in [-0.2, -0.15) is 0 Å². The van der Waals surface area contributed by atoms with Gasteiger partial charge in [0.25, 0.3) is 0 Å². The topological polar surface area (TPSA) is 75.3 Å². The summed E-state index contributed by atoms with van der Waals surface area (Å²) in [6.07, 6.45) is 0.908. The monoisotopic (exact) mass is 380 g/mol. The van der Waals surface area contributed by atoms with Crippen molar-refractivity contribution in [3.8, 4) is 0 Å². The SMILES string of the molecule is CC(C)c1ccc(S(=O)(=O)NCCC(=O)NCCc2cccs2)cc1. The van der Waals surface area contributed by atoms with Crippen LogP contribution in [0.5, 0.6) is 0 Å². The molecule has 0 aliphatic rings. The number of sulfonamides is 1. The second kappa shape index (κ2) is 9.12. The molecule has 0 bridgehead atoms. The zero-order valence-corrected chi connectivity index (χ0v) is 16.1. The largest absolute Gasteiger partial charge is 0.356 e. The first-order valence-electron chi connectivity index (χ1n) is 8.27. The Morgan fingerprint density at radius 1 is 1.12 bits per heavy atom. The first-order chi connectivity index (χ1) is 11.9. The van der Waals surface area contributed by atoms with Crippen LogP contribution in [0.25, 0.3) is 0 Å². The summed E-state index contributed by atoms with van der Waals surface area (Å²) in [5.74, 6) is 0.192. The van der Waals surface area contributed by atoms with Crippen molar-refractivity contribution in [2.75, 3.05) is 13.1 Å². The second-order valence-corrected chi connectivity index (χ2v) is 8.85. The molecule has 1 heterocycles. The van der Waals surface area contributed by atoms with Gasteiger partial charge in [-0.15, -0.1) is 11.3 Å². The third-order valence-corrected chi connectivity index (χ3v) is 6.19. The van der Waals surface area contributed by atoms with Crippen molar-refractivity contribution in [2.45, 2.75) is 37.5 Å². The van der Waals surface area contributed by atoms with E-state index in [0.29, 0.717) is 12.5 Å². The fourth-order valence-electron chi connectivity index (χ4n) is 2.28. The van der Waals surface area contributed by atoms with Gasteiger partial charge in [0.1, 0.15) is 0 Å². The summed E-state index contributed by atoms with van der Waals surface area (Å²) in [5.41, 5.74) is 1.09. The average Bonchev–Trinajstić information content (AvgIpc) is 3.08. The summed E-state index contributed by atoms with van der Waals surface area (Å²) in [7, 11) is -3.58. The van der Waals surface area contributed by atoms with E-state index in [2.05, 4.69) is 23.9 Å². The fraction of sp³-hybridized carbons (Fsp3) is 0.389. The highest BCUT2D eigenvalue weighted by molar-refractivity contribution is 7.89. The molecular formula is C18H24N2O3S2. The molecule has 0 atom stereocenters. The maximum Gasteiger partial charge on any atom is 0.240 e. The summed E-state index contributed by atoms with van der Waals surface area (Å²) in [4.78, 5) is 13.2. The number of benzene rings is 1. The van der Waals surface area contributed by atoms with Crippen molar-refractivity contribution < 1.29 is 13.2 Å². The molecule has 0 spiro atoms. The van der Waals surface area contributed by atoms with Crippen LogP contribution in [0.1, 0.15) is 36.6 Å². The molecule has 0 aliphatic carbocycles. The third kappa shape index (κ3) is 6.26. The molecule has 25 heavy (non-hydrogen) atoms. The van der Waals surface area contributed by atoms with Crippen LogP contribution in [0.3, 0.4) is 0 Å². The number of hydrogen-bond acceptors (Lipinski definition) is 4. The number of thiophene rings is 1. The van der Waals surface area contributed by atoms with Crippen LogP contribution in [-0.2, 0) is 21.2 Å². The van der Waals surface area contributed by atoms with Crippen LogP contribution in [0, 0.1) is 0 Å². The van der Waals surface area contributed by atoms with Gasteiger partial charge in [-0.3, -0.25) is 4.79 Å². The van der Waals surface area contributed by atoms with E-state index in [1.807, 2.05) is 29.6 Å². The maximum atomic E-state index is 12.2. The van der Waals surface area contributed by atoms with E-state index < -0.39 is 10.0 Å². The predicted octanol–water partition coefficient (Wildman–Crippen LogP) is 2.90. The zero-order valence-electron chi connectivity index (χ0n) is 14.5. The Labute approximate surface area is 153 Å². The maximum absolute atomic E-state index is 12.2. The lowest BCUT2D eigenvalue weighted by molar-refractivity contribution is -0.120. The van der Waals surface area contributed by atoms with E-state index in [1.165, 1.54) is 4.88 Å². The Morgan fingerprint density at radius 3 is 2.44 bits per heavy atom. The smallest absolute Gasteiger partial charge is 0.240 e. The highest BCUT2D eigenvalue weighted by Gasteiger charge is 2.14. The van der Waals surface area contributed by atoms with Crippen molar-refractivity contribution in [3.05, 3.63) is 52.2 Å². The van der Waals surface area contributed by atoms with Crippen molar-refractivity contribution in [2.24, 2.45) is 0 Å². The fourth-order valence-corrected chi connectivity index (χ4v) is 4.02. The van der Waals surface area contributed by atoms with E-state index in [9.17, 15) is 13.2 Å². The van der Waals surface area contributed by atoms with Crippen LogP contribution < -0.4 is 10.0 Å². The molecule has 136 valence electrons. The van der Waals surface area contributed by atoms with Gasteiger partial charge in [0, 0.05) is 24.4 Å². The van der Waals surface area contributed by atoms with E-state index in [-0.39, 0.29) is 23.8 Å². The molecule has 2 N–H and O–H groups in total. The van der Waals surface area contributed by atoms with Gasteiger partial charge in [0.05, 0.1) is 4.90 Å². The van der Waals surface area contributed by atoms with Crippen LogP contribution >= 0.6 is 11.3 Å². The van der Waals surface area contributed by atoms with Gasteiger partial charge < -0.3 is 5.32 Å². The number of nitrogens with one attached hydrogen (secondary N) is 2. The summed E-state index contributed by atoms with van der Waals surface area (Å²) in [5, 5.41) is 4.80. The first kappa shape index (κ1) is 19.6. The van der Waals surface area contributed by atoms with Crippen LogP contribution in [0.4, 0.5) is 0 Å². The minimum Gasteiger partial charge on any atom is -0.356 e. The first-order valence-corrected chi connectivity index (χ1v) is 10.6. The Bertz CT molecular complexity index is 767. The van der Waals surface area contributed by atoms with Crippen LogP contribution in [0.2, 0.25) is 0 Å². The van der Waals surface area contributed by atoms with Crippen LogP contribution in [0.15, 0.2) is 46.7 Å². The van der Waals surface area contributed by atoms with Crippen molar-refractivity contribution in [1.29, 1.82) is 0 Å². The quantitative estimate of drug-likeness (QED) is 0.702. The van der Waals surface area contributed by atoms with E-state index in [4.69, 9.17) is 0 Å². The van der Waals surface area contributed by atoms with Crippen molar-refractivity contribution >= 4 is 27.3 Å². The molecule has 0 radical (unpaired) electrons. The lowest BCUT2D eigenvalue weighted by atomic mass is 10.0. The molecule has 0 fully saturated rings. The highest BCUT2D eigenvalue weighted by atomic mass is 32.2. The summed E-state index contributed by atoms with van der Waals surface area (Å²) >= 11 is 1.65. The molecular weight excluding hydrogens is 356 g/mol. The van der Waals surface area contributed by atoms with Crippen LogP contribution in [-0.4, -0.2) is 27.4 Å². The Balaban J connectivity index is 1.74. The molecule has 1 amide bonds. The molecule has 2 rings (SSSR count). The molecule has 5 nitrogen and oxygen atoms in total. The van der Waals surface area contributed by atoms with Gasteiger partial charge in [0.2, 0.25) is 15.9 Å². The summed E-state index contributed by atoms with van der Waals surface area (Å²) < 4.78 is 26.9. The molecule has 0 unspecified atom stereocenters. The number of rotatable bonds is 9. The summed E-state index contributed by atoms with van der Waals surface area (Å²) in [6, 6.07) is 10.8. The lowest BCUT2D eigenvalue weighted by Gasteiger charge is -2.09. The number of amides is 1. The number of hydrogen-bond donors (Lipinski definition) is 2. The molecule has 0 saturated heterocycles. The highest BCUT2D eigenvalue weighted by Crippen LogP contribution is 2.17. The summed E-state index contributed by atoms with van der Waals surface area (Å²) in [6.45, 7) is 4.75. The van der Waals surface area contributed by atoms with Gasteiger partial charge in [0.15, 0.2) is 0 Å². The minimum absolute atomic E-state index is 0.0824. The Hall–Kier alpha value is -1.70. The Morgan fingerprint density at radius 2 is 1.84 bits per heavy atom. The zero-order chi connectivity index (χ0) is 18.3. The Kier molecular flexibility index (Phi) is 7.16. The van der Waals surface area contributed by atoms with Crippen molar-refractivity contribution in [3.63, 3.8) is 0 Å². The van der Waals surface area contributed by atoms with Gasteiger partial charge in [-0.05, 0) is 41.5 Å². The third-order valence-electron chi connectivity index (χ3n) is 3.77. The standard InChI is InChI=1S/C18H24N2O3S2/c1-14(2)15-5-7-17(8-6-15)25(22,23)20-12-10-18(21)19-11-9-16-4-3-13-24-16/h3-8,13-14,20H,9-12H2,1-2H3,(H,19,21). The average molecular weight is 381 g/mol. The second-order valence-electron chi connectivity index (χ2n) is 6.05. The normalized spacial score (nSPS) is 11.6. The van der Waals surface area contributed by atoms with Gasteiger partial charge in [-0.25, -0.2) is 13.1 Å². The lowest BCUT2D eigenvalue weighted by Crippen LogP contribution is -2.31. The molecule has 2 aromatic rings. The number of carbonyl (C=O) groups is 1. The molecule has 1 aromatic carbocycles. The van der Waals surface area contributed by atoms with Gasteiger partial charge >= 0.3 is 0 Å². The van der Waals surface area contributed by atoms with E-state index in [0.717, 1.165) is 12.0 Å². The number of carbonyl (C=O) groups excluding carboxylic acids is 1.